The first-order chi connectivity index (χ1) is 10.2. The van der Waals surface area contributed by atoms with Crippen molar-refractivity contribution in [3.05, 3.63) is 42.2 Å². The van der Waals surface area contributed by atoms with Gasteiger partial charge in [0.1, 0.15) is 12.9 Å². The van der Waals surface area contributed by atoms with E-state index in [1.165, 1.54) is 11.0 Å². The number of hydrogen-bond donors (Lipinski definition) is 2. The third-order valence-electron chi connectivity index (χ3n) is 2.90. The molecule has 0 saturated heterocycles. The molecule has 0 aliphatic rings. The van der Waals surface area contributed by atoms with E-state index in [1.807, 2.05) is 30.3 Å². The number of amides is 1. The SMILES string of the molecule is NCC(=O)NC(Cc1ccccc1)C(=O)Cn1cnnn1. The molecule has 1 unspecified atom stereocenters. The zero-order valence-electron chi connectivity index (χ0n) is 11.3. The zero-order valence-corrected chi connectivity index (χ0v) is 11.3. The molecule has 0 bridgehead atoms. The van der Waals surface area contributed by atoms with E-state index >= 15 is 0 Å². The Morgan fingerprint density at radius 2 is 2.05 bits per heavy atom. The molecule has 0 spiro atoms. The fraction of sp³-hybridized carbons (Fsp3) is 0.308. The largest absolute Gasteiger partial charge is 0.345 e. The van der Waals surface area contributed by atoms with Crippen molar-refractivity contribution in [3.63, 3.8) is 0 Å². The van der Waals surface area contributed by atoms with E-state index in [-0.39, 0.29) is 24.8 Å². The minimum atomic E-state index is -0.660. The molecular weight excluding hydrogens is 272 g/mol. The number of carbonyl (C=O) groups excluding carboxylic acids is 2. The van der Waals surface area contributed by atoms with Crippen LogP contribution in [0.4, 0.5) is 0 Å². The number of tetrazole rings is 1. The maximum Gasteiger partial charge on any atom is 0.234 e. The number of Topliss-reactive ketones (excluding diaryl/α,β-unsaturated/α-hetero) is 1. The van der Waals surface area contributed by atoms with Crippen LogP contribution in [0.5, 0.6) is 0 Å². The quantitative estimate of drug-likeness (QED) is 0.670. The molecule has 3 N–H and O–H groups in total. The van der Waals surface area contributed by atoms with Gasteiger partial charge in [0.05, 0.1) is 12.6 Å². The number of aromatic nitrogens is 4. The van der Waals surface area contributed by atoms with Crippen molar-refractivity contribution < 1.29 is 9.59 Å². The molecular formula is C13H16N6O2. The molecule has 8 nitrogen and oxygen atoms in total. The van der Waals surface area contributed by atoms with Crippen LogP contribution in [0.15, 0.2) is 36.7 Å². The highest BCUT2D eigenvalue weighted by Crippen LogP contribution is 2.05. The monoisotopic (exact) mass is 288 g/mol. The molecule has 21 heavy (non-hydrogen) atoms. The molecule has 0 saturated carbocycles. The van der Waals surface area contributed by atoms with Gasteiger partial charge in [-0.05, 0) is 22.4 Å². The van der Waals surface area contributed by atoms with Crippen molar-refractivity contribution >= 4 is 11.7 Å². The highest BCUT2D eigenvalue weighted by atomic mass is 16.2. The highest BCUT2D eigenvalue weighted by Gasteiger charge is 2.21. The van der Waals surface area contributed by atoms with Crippen LogP contribution in [0.3, 0.4) is 0 Å². The van der Waals surface area contributed by atoms with Gasteiger partial charge in [-0.3, -0.25) is 9.59 Å². The summed E-state index contributed by atoms with van der Waals surface area (Å²) in [5, 5.41) is 13.2. The summed E-state index contributed by atoms with van der Waals surface area (Å²) in [6.45, 7) is -0.168. The Morgan fingerprint density at radius 3 is 2.67 bits per heavy atom. The summed E-state index contributed by atoms with van der Waals surface area (Å²) >= 11 is 0. The first-order valence-corrected chi connectivity index (χ1v) is 6.46. The number of carbonyl (C=O) groups is 2. The van der Waals surface area contributed by atoms with E-state index < -0.39 is 6.04 Å². The second-order valence-corrected chi connectivity index (χ2v) is 4.49. The van der Waals surface area contributed by atoms with Gasteiger partial charge in [0.15, 0.2) is 5.78 Å². The maximum atomic E-state index is 12.3. The van der Waals surface area contributed by atoms with Gasteiger partial charge in [-0.25, -0.2) is 4.68 Å². The average molecular weight is 288 g/mol. The Labute approximate surface area is 121 Å². The molecule has 2 rings (SSSR count). The van der Waals surface area contributed by atoms with Gasteiger partial charge >= 0.3 is 0 Å². The molecule has 1 atom stereocenters. The van der Waals surface area contributed by atoms with Crippen LogP contribution in [-0.4, -0.2) is 44.5 Å². The number of nitrogens with two attached hydrogens (primary N) is 1. The smallest absolute Gasteiger partial charge is 0.234 e. The van der Waals surface area contributed by atoms with Gasteiger partial charge in [-0.1, -0.05) is 30.3 Å². The molecule has 110 valence electrons. The lowest BCUT2D eigenvalue weighted by Gasteiger charge is -2.17. The summed E-state index contributed by atoms with van der Waals surface area (Å²) in [5.74, 6) is -0.561. The summed E-state index contributed by atoms with van der Waals surface area (Å²) in [4.78, 5) is 23.8. The van der Waals surface area contributed by atoms with E-state index in [0.717, 1.165) is 5.56 Å². The van der Waals surface area contributed by atoms with Crippen LogP contribution in [0.25, 0.3) is 0 Å². The van der Waals surface area contributed by atoms with E-state index in [1.54, 1.807) is 0 Å². The Kier molecular flexibility index (Phi) is 5.10. The Morgan fingerprint density at radius 1 is 1.29 bits per heavy atom. The van der Waals surface area contributed by atoms with Gasteiger partial charge in [-0.15, -0.1) is 5.10 Å². The van der Waals surface area contributed by atoms with Crippen molar-refractivity contribution in [1.82, 2.24) is 25.5 Å². The van der Waals surface area contributed by atoms with Gasteiger partial charge in [0.2, 0.25) is 5.91 Å². The van der Waals surface area contributed by atoms with Crippen molar-refractivity contribution in [1.29, 1.82) is 0 Å². The number of nitrogens with zero attached hydrogens (tertiary/aromatic N) is 4. The van der Waals surface area contributed by atoms with Crippen molar-refractivity contribution in [2.24, 2.45) is 5.73 Å². The summed E-state index contributed by atoms with van der Waals surface area (Å²) in [6.07, 6.45) is 1.75. The van der Waals surface area contributed by atoms with E-state index in [0.29, 0.717) is 6.42 Å². The highest BCUT2D eigenvalue weighted by molar-refractivity contribution is 5.89. The van der Waals surface area contributed by atoms with Crippen LogP contribution in [0.1, 0.15) is 5.56 Å². The fourth-order valence-electron chi connectivity index (χ4n) is 1.87. The van der Waals surface area contributed by atoms with Gasteiger partial charge < -0.3 is 11.1 Å². The lowest BCUT2D eigenvalue weighted by Crippen LogP contribution is -2.46. The molecule has 1 aromatic carbocycles. The third-order valence-corrected chi connectivity index (χ3v) is 2.90. The van der Waals surface area contributed by atoms with Gasteiger partial charge in [0, 0.05) is 0 Å². The molecule has 1 aromatic heterocycles. The van der Waals surface area contributed by atoms with E-state index in [4.69, 9.17) is 5.73 Å². The normalized spacial score (nSPS) is 11.9. The maximum absolute atomic E-state index is 12.3. The van der Waals surface area contributed by atoms with Crippen LogP contribution in [0.2, 0.25) is 0 Å². The Hall–Kier alpha value is -2.61. The third kappa shape index (κ3) is 4.46. The van der Waals surface area contributed by atoms with E-state index in [2.05, 4.69) is 20.8 Å². The predicted octanol–water partition coefficient (Wildman–Crippen LogP) is -1.07. The summed E-state index contributed by atoms with van der Waals surface area (Å²) in [6, 6.07) is 8.77. The Bertz CT molecular complexity index is 584. The van der Waals surface area contributed by atoms with Crippen molar-refractivity contribution in [3.8, 4) is 0 Å². The minimum Gasteiger partial charge on any atom is -0.345 e. The van der Waals surface area contributed by atoms with Gasteiger partial charge in [0.25, 0.3) is 0 Å². The number of hydrogen-bond acceptors (Lipinski definition) is 6. The number of ketones is 1. The lowest BCUT2D eigenvalue weighted by molar-refractivity contribution is -0.127. The fourth-order valence-corrected chi connectivity index (χ4v) is 1.87. The van der Waals surface area contributed by atoms with Crippen molar-refractivity contribution in [2.45, 2.75) is 19.0 Å². The molecule has 1 amide bonds. The molecule has 0 aliphatic heterocycles. The van der Waals surface area contributed by atoms with Gasteiger partial charge in [-0.2, -0.15) is 0 Å². The molecule has 2 aromatic rings. The molecule has 1 heterocycles. The number of nitrogens with one attached hydrogen (secondary N) is 1. The molecule has 0 fully saturated rings. The van der Waals surface area contributed by atoms with Crippen LogP contribution < -0.4 is 11.1 Å². The summed E-state index contributed by atoms with van der Waals surface area (Å²) in [7, 11) is 0. The first-order valence-electron chi connectivity index (χ1n) is 6.46. The van der Waals surface area contributed by atoms with Crippen LogP contribution in [0, 0.1) is 0 Å². The topological polar surface area (TPSA) is 116 Å². The number of benzene rings is 1. The second kappa shape index (κ2) is 7.25. The summed E-state index contributed by atoms with van der Waals surface area (Å²) < 4.78 is 1.31. The predicted molar refractivity (Wildman–Crippen MR) is 74.0 cm³/mol. The average Bonchev–Trinajstić information content (AvgIpc) is 3.00. The van der Waals surface area contributed by atoms with Crippen molar-refractivity contribution in [2.75, 3.05) is 6.54 Å². The molecule has 0 aliphatic carbocycles. The Balaban J connectivity index is 2.07. The van der Waals surface area contributed by atoms with Crippen LogP contribution >= 0.6 is 0 Å². The molecule has 0 radical (unpaired) electrons. The first kappa shape index (κ1) is 14.8. The molecule has 8 heteroatoms. The van der Waals surface area contributed by atoms with Crippen LogP contribution in [-0.2, 0) is 22.6 Å². The minimum absolute atomic E-state index is 0.00461. The number of rotatable bonds is 7. The summed E-state index contributed by atoms with van der Waals surface area (Å²) in [5.41, 5.74) is 6.24. The lowest BCUT2D eigenvalue weighted by atomic mass is 10.0. The zero-order chi connectivity index (χ0) is 15.1. The standard InChI is InChI=1S/C13H16N6O2/c14-7-13(21)16-11(6-10-4-2-1-3-5-10)12(20)8-19-9-15-17-18-19/h1-5,9,11H,6-8,14H2,(H,16,21). The second-order valence-electron chi connectivity index (χ2n) is 4.49. The van der Waals surface area contributed by atoms with E-state index in [9.17, 15) is 9.59 Å².